The fourth-order valence-corrected chi connectivity index (χ4v) is 9.89. The third kappa shape index (κ3) is 10.1. The van der Waals surface area contributed by atoms with Crippen LogP contribution in [0.25, 0.3) is 0 Å². The van der Waals surface area contributed by atoms with Crippen LogP contribution in [-0.2, 0) is 21.2 Å². The van der Waals surface area contributed by atoms with Crippen molar-refractivity contribution in [3.05, 3.63) is 147 Å². The lowest BCUT2D eigenvalue weighted by Crippen LogP contribution is -2.46. The first-order valence-corrected chi connectivity index (χ1v) is 22.8. The lowest BCUT2D eigenvalue weighted by Gasteiger charge is -2.37. The van der Waals surface area contributed by atoms with E-state index in [4.69, 9.17) is 44.9 Å². The van der Waals surface area contributed by atoms with Crippen molar-refractivity contribution < 1.29 is 41.0 Å². The largest absolute Gasteiger partial charge is 0.493 e. The molecule has 2 N–H and O–H groups in total. The van der Waals surface area contributed by atoms with Crippen molar-refractivity contribution in [3.8, 4) is 29.4 Å². The number of amides is 2. The summed E-state index contributed by atoms with van der Waals surface area (Å²) < 4.78 is 85.4. The van der Waals surface area contributed by atoms with Crippen molar-refractivity contribution in [1.82, 2.24) is 10.6 Å². The first-order valence-electron chi connectivity index (χ1n) is 21.7. The lowest BCUT2D eigenvalue weighted by atomic mass is 9.62. The van der Waals surface area contributed by atoms with Crippen LogP contribution in [0.4, 0.5) is 33.3 Å². The van der Waals surface area contributed by atoms with Crippen molar-refractivity contribution in [2.45, 2.75) is 82.6 Å². The molecular weight excluding hydrogens is 959 g/mol. The van der Waals surface area contributed by atoms with E-state index in [1.807, 2.05) is 20.8 Å². The van der Waals surface area contributed by atoms with E-state index >= 15 is 8.78 Å². The van der Waals surface area contributed by atoms with Crippen LogP contribution in [0.1, 0.15) is 75.6 Å². The molecule has 5 aromatic rings. The Hall–Kier alpha value is -6.30. The Morgan fingerprint density at radius 1 is 0.899 bits per heavy atom. The number of halogens is 7. The number of nitriles is 2. The summed E-state index contributed by atoms with van der Waals surface area (Å²) in [7, 11) is 0. The third-order valence-electron chi connectivity index (χ3n) is 12.1. The van der Waals surface area contributed by atoms with Crippen LogP contribution in [0, 0.1) is 39.7 Å². The van der Waals surface area contributed by atoms with E-state index in [9.17, 15) is 33.3 Å². The summed E-state index contributed by atoms with van der Waals surface area (Å²) in [5, 5.41) is 26.4. The van der Waals surface area contributed by atoms with Gasteiger partial charge < -0.3 is 25.0 Å². The SMILES string of the molecule is CC(C)(C)C[C@@H]1N[C@@H](C(=O)NCCCOc2cccc(Oc3ccc(N4C(=S)N(c5ccc(C#N)c(C(F)(F)F)c5)C(=O)C4(C)C)cc3)c2)[C@H](c2cccc(Cl)c2F)[C@@]1(C#N)c1ccc(Cl)cc1F. The van der Waals surface area contributed by atoms with Gasteiger partial charge >= 0.3 is 6.18 Å². The van der Waals surface area contributed by atoms with Crippen molar-refractivity contribution in [3.63, 3.8) is 0 Å². The minimum Gasteiger partial charge on any atom is -0.493 e. The molecule has 10 nitrogen and oxygen atoms in total. The molecule has 0 saturated carbocycles. The second kappa shape index (κ2) is 19.6. The normalized spacial score (nSPS) is 20.1. The average Bonchev–Trinajstić information content (AvgIpc) is 3.69. The zero-order chi connectivity index (χ0) is 50.2. The molecule has 0 aromatic heterocycles. The highest BCUT2D eigenvalue weighted by Gasteiger charge is 2.61. The lowest BCUT2D eigenvalue weighted by molar-refractivity contribution is -0.137. The van der Waals surface area contributed by atoms with Crippen LogP contribution < -0.4 is 29.9 Å². The summed E-state index contributed by atoms with van der Waals surface area (Å²) in [5.41, 5.74) is -4.90. The average molecular weight is 1000 g/mol. The number of benzene rings is 5. The van der Waals surface area contributed by atoms with Gasteiger partial charge in [-0.05, 0) is 123 Å². The molecule has 2 aliphatic rings. The fraction of sp³-hybridized carbons (Fsp3) is 0.314. The first-order chi connectivity index (χ1) is 32.5. The molecule has 2 heterocycles. The zero-order valence-electron chi connectivity index (χ0n) is 37.9. The molecule has 0 unspecified atom stereocenters. The Morgan fingerprint density at radius 3 is 2.23 bits per heavy atom. The molecule has 0 aliphatic carbocycles. The van der Waals surface area contributed by atoms with E-state index < -0.39 is 75.1 Å². The van der Waals surface area contributed by atoms with Gasteiger partial charge in [-0.1, -0.05) is 68.2 Å². The highest BCUT2D eigenvalue weighted by atomic mass is 35.5. The second-order valence-corrected chi connectivity index (χ2v) is 19.6. The Balaban J connectivity index is 1.01. The summed E-state index contributed by atoms with van der Waals surface area (Å²) in [4.78, 5) is 30.4. The standard InChI is InChI=1S/C51H45Cl2F5N6O4S/c1-48(2,3)26-41-50(28-60,37-20-14-30(52)23-40(37)54)42(36-11-7-12-39(53)43(36)55)44(62-41)45(65)61-21-8-22-67-34-9-6-10-35(25-34)68-33-18-16-31(17-19-33)64-47(69)63(46(66)49(64,4)5)32-15-13-29(27-59)38(24-32)51(56,57)58/h6-7,9-20,23-25,41-42,44,62H,8,21-22,26H2,1-5H3,(H,61,65)/t41-,42-,44+,50-/m0/s1. The Bertz CT molecular complexity index is 2900. The number of hydrogen-bond acceptors (Lipinski definition) is 8. The summed E-state index contributed by atoms with van der Waals surface area (Å²) >= 11 is 18.0. The predicted octanol–water partition coefficient (Wildman–Crippen LogP) is 11.8. The van der Waals surface area contributed by atoms with Gasteiger partial charge in [0.15, 0.2) is 5.11 Å². The fourth-order valence-electron chi connectivity index (χ4n) is 9.03. The molecule has 5 aromatic carbocycles. The van der Waals surface area contributed by atoms with Crippen LogP contribution in [0.5, 0.6) is 17.2 Å². The van der Waals surface area contributed by atoms with E-state index in [1.54, 1.807) is 62.4 Å². The van der Waals surface area contributed by atoms with E-state index in [-0.39, 0.29) is 45.1 Å². The van der Waals surface area contributed by atoms with Gasteiger partial charge in [0.05, 0.1) is 46.6 Å². The molecule has 69 heavy (non-hydrogen) atoms. The first kappa shape index (κ1) is 50.6. The molecule has 4 atom stereocenters. The highest BCUT2D eigenvalue weighted by Crippen LogP contribution is 2.53. The predicted molar refractivity (Wildman–Crippen MR) is 257 cm³/mol. The van der Waals surface area contributed by atoms with Crippen molar-refractivity contribution in [2.24, 2.45) is 5.41 Å². The molecule has 0 spiro atoms. The number of ether oxygens (including phenoxy) is 2. The van der Waals surface area contributed by atoms with E-state index in [1.165, 1.54) is 47.4 Å². The topological polar surface area (TPSA) is 131 Å². The molecule has 2 aliphatic heterocycles. The molecule has 2 amide bonds. The quantitative estimate of drug-likeness (QED) is 0.0672. The highest BCUT2D eigenvalue weighted by molar-refractivity contribution is 7.81. The number of carbonyl (C=O) groups is 2. The number of carbonyl (C=O) groups excluding carboxylic acids is 2. The van der Waals surface area contributed by atoms with Gasteiger partial charge in [-0.2, -0.15) is 23.7 Å². The molecule has 18 heteroatoms. The smallest absolute Gasteiger partial charge is 0.417 e. The molecule has 358 valence electrons. The monoisotopic (exact) mass is 1000 g/mol. The maximum absolute atomic E-state index is 16.0. The summed E-state index contributed by atoms with van der Waals surface area (Å²) in [6.45, 7) is 9.35. The van der Waals surface area contributed by atoms with Crippen LogP contribution in [0.2, 0.25) is 10.0 Å². The van der Waals surface area contributed by atoms with Crippen LogP contribution >= 0.6 is 35.4 Å². The number of rotatable bonds is 13. The van der Waals surface area contributed by atoms with Gasteiger partial charge in [0.1, 0.15) is 39.8 Å². The van der Waals surface area contributed by atoms with Crippen LogP contribution in [-0.4, -0.2) is 47.7 Å². The molecule has 0 radical (unpaired) electrons. The van der Waals surface area contributed by atoms with Gasteiger partial charge in [0.25, 0.3) is 5.91 Å². The number of anilines is 2. The second-order valence-electron chi connectivity index (χ2n) is 18.4. The van der Waals surface area contributed by atoms with Gasteiger partial charge in [0.2, 0.25) is 5.91 Å². The van der Waals surface area contributed by atoms with Crippen LogP contribution in [0.3, 0.4) is 0 Å². The molecule has 2 fully saturated rings. The van der Waals surface area contributed by atoms with E-state index in [2.05, 4.69) is 16.7 Å². The zero-order valence-corrected chi connectivity index (χ0v) is 40.2. The molecule has 7 rings (SSSR count). The Labute approximate surface area is 411 Å². The van der Waals surface area contributed by atoms with E-state index in [0.29, 0.717) is 35.8 Å². The molecule has 2 saturated heterocycles. The van der Waals surface area contributed by atoms with E-state index in [0.717, 1.165) is 23.1 Å². The van der Waals surface area contributed by atoms with Gasteiger partial charge in [-0.15, -0.1) is 0 Å². The minimum absolute atomic E-state index is 0.0129. The number of nitrogens with one attached hydrogen (secondary N) is 2. The number of thiocarbonyl (C=S) groups is 1. The number of nitrogens with zero attached hydrogens (tertiary/aromatic N) is 4. The summed E-state index contributed by atoms with van der Waals surface area (Å²) in [6.07, 6.45) is -4.17. The Kier molecular flexibility index (Phi) is 14.4. The Morgan fingerprint density at radius 2 is 1.58 bits per heavy atom. The van der Waals surface area contributed by atoms with Gasteiger partial charge in [-0.25, -0.2) is 8.78 Å². The van der Waals surface area contributed by atoms with Crippen molar-refractivity contribution in [2.75, 3.05) is 23.0 Å². The minimum atomic E-state index is -4.83. The maximum Gasteiger partial charge on any atom is 0.417 e. The van der Waals surface area contributed by atoms with Gasteiger partial charge in [-0.3, -0.25) is 14.5 Å². The summed E-state index contributed by atoms with van der Waals surface area (Å²) in [6, 6.07) is 26.6. The maximum atomic E-state index is 16.0. The molecular formula is C51H45Cl2F5N6O4S. The number of alkyl halides is 3. The van der Waals surface area contributed by atoms with Gasteiger partial charge in [0, 0.05) is 40.8 Å². The van der Waals surface area contributed by atoms with Crippen molar-refractivity contribution >= 4 is 63.7 Å². The third-order valence-corrected chi connectivity index (χ3v) is 13.0. The number of hydrogen-bond donors (Lipinski definition) is 2. The molecule has 0 bridgehead atoms. The van der Waals surface area contributed by atoms with Crippen LogP contribution in [0.15, 0.2) is 103 Å². The summed E-state index contributed by atoms with van der Waals surface area (Å²) in [5.74, 6) is -2.60. The van der Waals surface area contributed by atoms with Crippen molar-refractivity contribution in [1.29, 1.82) is 10.5 Å².